The molecular weight excluding hydrogens is 450 g/mol. The lowest BCUT2D eigenvalue weighted by Gasteiger charge is -2.34. The standard InChI is InChI=1S/C30H35N3O3/c1-30(2,25-8-6-5-7-9-25)20-28(34)33-18-16-26(17-19-33)36-27-15-14-24(21-31-27)22-10-12-23(13-11-22)29(35)32(3)4/h5-15,21,26H,16-20H2,1-4H3. The Labute approximate surface area is 213 Å². The molecular formula is C30H35N3O3. The summed E-state index contributed by atoms with van der Waals surface area (Å²) in [5.74, 6) is 0.771. The van der Waals surface area contributed by atoms with Crippen LogP contribution in [0.25, 0.3) is 11.1 Å². The first-order valence-corrected chi connectivity index (χ1v) is 12.5. The molecule has 3 aromatic rings. The molecule has 0 radical (unpaired) electrons. The lowest BCUT2D eigenvalue weighted by molar-refractivity contribution is -0.134. The predicted molar refractivity (Wildman–Crippen MR) is 142 cm³/mol. The van der Waals surface area contributed by atoms with Crippen LogP contribution in [0, 0.1) is 0 Å². The van der Waals surface area contributed by atoms with Crippen molar-refractivity contribution in [3.63, 3.8) is 0 Å². The topological polar surface area (TPSA) is 62.7 Å². The fraction of sp³-hybridized carbons (Fsp3) is 0.367. The molecule has 0 atom stereocenters. The molecule has 1 aliphatic rings. The van der Waals surface area contributed by atoms with Crippen LogP contribution in [-0.4, -0.2) is 59.9 Å². The number of hydrogen-bond acceptors (Lipinski definition) is 4. The van der Waals surface area contributed by atoms with Crippen molar-refractivity contribution in [1.29, 1.82) is 0 Å². The Morgan fingerprint density at radius 3 is 2.17 bits per heavy atom. The van der Waals surface area contributed by atoms with E-state index in [4.69, 9.17) is 4.74 Å². The van der Waals surface area contributed by atoms with Crippen LogP contribution in [0.4, 0.5) is 0 Å². The average molecular weight is 486 g/mol. The van der Waals surface area contributed by atoms with Crippen molar-refractivity contribution in [2.75, 3.05) is 27.2 Å². The van der Waals surface area contributed by atoms with Gasteiger partial charge in [-0.05, 0) is 34.7 Å². The van der Waals surface area contributed by atoms with Gasteiger partial charge in [0.1, 0.15) is 6.10 Å². The Kier molecular flexibility index (Phi) is 7.73. The van der Waals surface area contributed by atoms with Gasteiger partial charge < -0.3 is 14.5 Å². The molecule has 1 fully saturated rings. The van der Waals surface area contributed by atoms with Gasteiger partial charge in [-0.1, -0.05) is 56.3 Å². The molecule has 36 heavy (non-hydrogen) atoms. The maximum Gasteiger partial charge on any atom is 0.253 e. The van der Waals surface area contributed by atoms with Crippen molar-refractivity contribution in [1.82, 2.24) is 14.8 Å². The van der Waals surface area contributed by atoms with Crippen molar-refractivity contribution in [3.05, 3.63) is 84.1 Å². The van der Waals surface area contributed by atoms with Gasteiger partial charge in [-0.2, -0.15) is 0 Å². The van der Waals surface area contributed by atoms with Crippen LogP contribution in [0.2, 0.25) is 0 Å². The van der Waals surface area contributed by atoms with E-state index in [2.05, 4.69) is 31.0 Å². The van der Waals surface area contributed by atoms with Crippen LogP contribution in [0.3, 0.4) is 0 Å². The molecule has 0 unspecified atom stereocenters. The lowest BCUT2D eigenvalue weighted by Crippen LogP contribution is -2.43. The summed E-state index contributed by atoms with van der Waals surface area (Å²) in [6, 6.07) is 21.6. The number of pyridine rings is 1. The van der Waals surface area contributed by atoms with Gasteiger partial charge in [-0.3, -0.25) is 9.59 Å². The molecule has 2 aromatic carbocycles. The van der Waals surface area contributed by atoms with Crippen molar-refractivity contribution in [2.24, 2.45) is 0 Å². The van der Waals surface area contributed by atoms with Gasteiger partial charge in [-0.15, -0.1) is 0 Å². The van der Waals surface area contributed by atoms with Gasteiger partial charge in [-0.25, -0.2) is 4.98 Å². The van der Waals surface area contributed by atoms with Gasteiger partial charge in [0.2, 0.25) is 11.8 Å². The Bertz CT molecular complexity index is 1160. The second-order valence-corrected chi connectivity index (χ2v) is 10.3. The fourth-order valence-corrected chi connectivity index (χ4v) is 4.56. The Balaban J connectivity index is 1.28. The monoisotopic (exact) mass is 485 g/mol. The first-order valence-electron chi connectivity index (χ1n) is 12.5. The third kappa shape index (κ3) is 6.11. The summed E-state index contributed by atoms with van der Waals surface area (Å²) in [6.07, 6.45) is 3.92. The number of rotatable bonds is 7. The third-order valence-electron chi connectivity index (χ3n) is 6.84. The number of piperidine rings is 1. The molecule has 6 heteroatoms. The van der Waals surface area contributed by atoms with Gasteiger partial charge in [0.25, 0.3) is 5.91 Å². The number of ether oxygens (including phenoxy) is 1. The molecule has 0 saturated carbocycles. The van der Waals surface area contributed by atoms with E-state index in [0.717, 1.165) is 24.0 Å². The van der Waals surface area contributed by atoms with Gasteiger partial charge in [0.05, 0.1) is 0 Å². The highest BCUT2D eigenvalue weighted by Crippen LogP contribution is 2.29. The molecule has 2 amide bonds. The van der Waals surface area contributed by atoms with Crippen molar-refractivity contribution in [2.45, 2.75) is 44.6 Å². The zero-order valence-corrected chi connectivity index (χ0v) is 21.6. The maximum absolute atomic E-state index is 13.0. The van der Waals surface area contributed by atoms with Crippen molar-refractivity contribution < 1.29 is 14.3 Å². The first kappa shape index (κ1) is 25.4. The largest absolute Gasteiger partial charge is 0.474 e. The molecule has 1 aromatic heterocycles. The number of carbonyl (C=O) groups excluding carboxylic acids is 2. The molecule has 2 heterocycles. The van der Waals surface area contributed by atoms with Crippen LogP contribution in [0.1, 0.15) is 49.0 Å². The smallest absolute Gasteiger partial charge is 0.253 e. The highest BCUT2D eigenvalue weighted by atomic mass is 16.5. The molecule has 6 nitrogen and oxygen atoms in total. The van der Waals surface area contributed by atoms with Crippen LogP contribution in [0.5, 0.6) is 5.88 Å². The predicted octanol–water partition coefficient (Wildman–Crippen LogP) is 5.19. The molecule has 188 valence electrons. The minimum Gasteiger partial charge on any atom is -0.474 e. The van der Waals surface area contributed by atoms with E-state index in [9.17, 15) is 9.59 Å². The number of carbonyl (C=O) groups is 2. The average Bonchev–Trinajstić information content (AvgIpc) is 2.89. The summed E-state index contributed by atoms with van der Waals surface area (Å²) in [5.41, 5.74) is 3.61. The first-order chi connectivity index (χ1) is 17.2. The number of likely N-dealkylation sites (tertiary alicyclic amines) is 1. The normalized spacial score (nSPS) is 14.4. The Morgan fingerprint density at radius 2 is 1.58 bits per heavy atom. The summed E-state index contributed by atoms with van der Waals surface area (Å²) in [4.78, 5) is 33.1. The summed E-state index contributed by atoms with van der Waals surface area (Å²) >= 11 is 0. The molecule has 1 aliphatic heterocycles. The van der Waals surface area contributed by atoms with E-state index in [1.54, 1.807) is 25.2 Å². The van der Waals surface area contributed by atoms with E-state index < -0.39 is 0 Å². The van der Waals surface area contributed by atoms with Crippen molar-refractivity contribution >= 4 is 11.8 Å². The zero-order valence-electron chi connectivity index (χ0n) is 21.6. The summed E-state index contributed by atoms with van der Waals surface area (Å²) in [5, 5.41) is 0. The van der Waals surface area contributed by atoms with E-state index in [-0.39, 0.29) is 23.3 Å². The van der Waals surface area contributed by atoms with Crippen LogP contribution in [0.15, 0.2) is 72.9 Å². The minimum atomic E-state index is -0.195. The van der Waals surface area contributed by atoms with Gasteiger partial charge in [0.15, 0.2) is 0 Å². The summed E-state index contributed by atoms with van der Waals surface area (Å²) < 4.78 is 6.12. The number of nitrogens with zero attached hydrogens (tertiary/aromatic N) is 3. The van der Waals surface area contributed by atoms with Gasteiger partial charge >= 0.3 is 0 Å². The van der Waals surface area contributed by atoms with Crippen LogP contribution in [-0.2, 0) is 10.2 Å². The highest BCUT2D eigenvalue weighted by Gasteiger charge is 2.30. The Morgan fingerprint density at radius 1 is 0.944 bits per heavy atom. The Hall–Kier alpha value is -3.67. The fourth-order valence-electron chi connectivity index (χ4n) is 4.56. The lowest BCUT2D eigenvalue weighted by atomic mass is 9.81. The quantitative estimate of drug-likeness (QED) is 0.462. The number of hydrogen-bond donors (Lipinski definition) is 0. The third-order valence-corrected chi connectivity index (χ3v) is 6.84. The number of aromatic nitrogens is 1. The van der Waals surface area contributed by atoms with E-state index >= 15 is 0 Å². The highest BCUT2D eigenvalue weighted by molar-refractivity contribution is 5.94. The number of benzene rings is 2. The SMILES string of the molecule is CN(C)C(=O)c1ccc(-c2ccc(OC3CCN(C(=O)CC(C)(C)c4ccccc4)CC3)nc2)cc1. The van der Waals surface area contributed by atoms with Crippen LogP contribution >= 0.6 is 0 Å². The minimum absolute atomic E-state index is 0.0175. The van der Waals surface area contributed by atoms with E-state index in [0.29, 0.717) is 31.0 Å². The molecule has 0 bridgehead atoms. The zero-order chi connectivity index (χ0) is 25.7. The molecule has 1 saturated heterocycles. The maximum atomic E-state index is 13.0. The second-order valence-electron chi connectivity index (χ2n) is 10.3. The van der Waals surface area contributed by atoms with Crippen LogP contribution < -0.4 is 4.74 Å². The molecule has 4 rings (SSSR count). The second kappa shape index (κ2) is 10.9. The van der Waals surface area contributed by atoms with E-state index in [1.807, 2.05) is 59.5 Å². The van der Waals surface area contributed by atoms with Crippen molar-refractivity contribution in [3.8, 4) is 17.0 Å². The molecule has 0 spiro atoms. The van der Waals surface area contributed by atoms with Gasteiger partial charge in [0, 0.05) is 69.8 Å². The summed E-state index contributed by atoms with van der Waals surface area (Å²) in [6.45, 7) is 5.65. The summed E-state index contributed by atoms with van der Waals surface area (Å²) in [7, 11) is 3.49. The molecule has 0 N–H and O–H groups in total. The number of amides is 2. The molecule has 0 aliphatic carbocycles. The van der Waals surface area contributed by atoms with E-state index in [1.165, 1.54) is 5.56 Å².